The molecule has 0 aliphatic heterocycles. The van der Waals surface area contributed by atoms with Crippen molar-refractivity contribution in [3.8, 4) is 17.2 Å². The summed E-state index contributed by atoms with van der Waals surface area (Å²) in [6.45, 7) is 1.58. The Morgan fingerprint density at radius 1 is 0.870 bits per heavy atom. The SMILES string of the molecule is Cc1c(OC2CCC2)ccc(OC2CCCC2)c1OC(F)(F)F. The van der Waals surface area contributed by atoms with Gasteiger partial charge >= 0.3 is 6.36 Å². The van der Waals surface area contributed by atoms with Gasteiger partial charge in [0.15, 0.2) is 11.5 Å². The second-order valence-corrected chi connectivity index (χ2v) is 6.26. The molecule has 0 amide bonds. The first kappa shape index (κ1) is 16.3. The average Bonchev–Trinajstić information content (AvgIpc) is 2.92. The van der Waals surface area contributed by atoms with Gasteiger partial charge in [-0.15, -0.1) is 13.2 Å². The molecule has 6 heteroatoms. The van der Waals surface area contributed by atoms with Gasteiger partial charge in [0.25, 0.3) is 0 Å². The minimum absolute atomic E-state index is 0.0385. The predicted molar refractivity (Wildman–Crippen MR) is 79.0 cm³/mol. The summed E-state index contributed by atoms with van der Waals surface area (Å²) in [6.07, 6.45) is 2.09. The van der Waals surface area contributed by atoms with E-state index in [1.165, 1.54) is 6.07 Å². The molecule has 2 fully saturated rings. The second-order valence-electron chi connectivity index (χ2n) is 6.26. The third kappa shape index (κ3) is 4.03. The topological polar surface area (TPSA) is 27.7 Å². The lowest BCUT2D eigenvalue weighted by atomic mass is 9.96. The number of rotatable bonds is 5. The largest absolute Gasteiger partial charge is 0.573 e. The standard InChI is InChI=1S/C17H21F3O3/c1-11-14(21-13-7-4-8-13)9-10-15(16(11)23-17(18,19)20)22-12-5-2-3-6-12/h9-10,12-13H,2-8H2,1H3. The zero-order valence-electron chi connectivity index (χ0n) is 13.1. The molecule has 128 valence electrons. The van der Waals surface area contributed by atoms with Crippen LogP contribution in [0.15, 0.2) is 12.1 Å². The summed E-state index contributed by atoms with van der Waals surface area (Å²) in [5.41, 5.74) is 0.338. The summed E-state index contributed by atoms with van der Waals surface area (Å²) in [4.78, 5) is 0. The fraction of sp³-hybridized carbons (Fsp3) is 0.647. The number of benzene rings is 1. The molecule has 0 atom stereocenters. The highest BCUT2D eigenvalue weighted by Gasteiger charge is 2.35. The highest BCUT2D eigenvalue weighted by atomic mass is 19.4. The van der Waals surface area contributed by atoms with E-state index in [4.69, 9.17) is 9.47 Å². The molecule has 3 rings (SSSR count). The molecule has 0 unspecified atom stereocenters. The number of halogens is 3. The van der Waals surface area contributed by atoms with Gasteiger partial charge in [-0.1, -0.05) is 0 Å². The van der Waals surface area contributed by atoms with Crippen LogP contribution in [-0.2, 0) is 0 Å². The predicted octanol–water partition coefficient (Wildman–Crippen LogP) is 5.15. The lowest BCUT2D eigenvalue weighted by Crippen LogP contribution is -2.25. The molecule has 0 spiro atoms. The van der Waals surface area contributed by atoms with E-state index >= 15 is 0 Å². The quantitative estimate of drug-likeness (QED) is 0.747. The maximum Gasteiger partial charge on any atom is 0.573 e. The van der Waals surface area contributed by atoms with Crippen LogP contribution in [0.4, 0.5) is 13.2 Å². The van der Waals surface area contributed by atoms with E-state index in [0.717, 1.165) is 44.9 Å². The fourth-order valence-electron chi connectivity index (χ4n) is 2.97. The Hall–Kier alpha value is -1.59. The molecule has 1 aromatic rings. The molecule has 1 aromatic carbocycles. The van der Waals surface area contributed by atoms with E-state index in [-0.39, 0.29) is 23.7 Å². The molecular formula is C17H21F3O3. The molecule has 0 bridgehead atoms. The number of ether oxygens (including phenoxy) is 3. The molecule has 0 aromatic heterocycles. The minimum atomic E-state index is -4.76. The number of hydrogen-bond acceptors (Lipinski definition) is 3. The van der Waals surface area contributed by atoms with E-state index < -0.39 is 6.36 Å². The summed E-state index contributed by atoms with van der Waals surface area (Å²) in [6, 6.07) is 3.21. The molecule has 0 radical (unpaired) electrons. The maximum absolute atomic E-state index is 12.8. The van der Waals surface area contributed by atoms with Gasteiger partial charge in [0.1, 0.15) is 5.75 Å². The highest BCUT2D eigenvalue weighted by Crippen LogP contribution is 2.42. The van der Waals surface area contributed by atoms with Crippen LogP contribution in [0.2, 0.25) is 0 Å². The molecular weight excluding hydrogens is 309 g/mol. The maximum atomic E-state index is 12.8. The molecule has 0 heterocycles. The van der Waals surface area contributed by atoms with Gasteiger partial charge in [0, 0.05) is 5.56 Å². The summed E-state index contributed by atoms with van der Waals surface area (Å²) >= 11 is 0. The van der Waals surface area contributed by atoms with Crippen LogP contribution in [0.3, 0.4) is 0 Å². The van der Waals surface area contributed by atoms with E-state index in [0.29, 0.717) is 11.3 Å². The Kier molecular flexibility index (Phi) is 4.60. The van der Waals surface area contributed by atoms with E-state index in [1.807, 2.05) is 0 Å². The zero-order chi connectivity index (χ0) is 16.4. The van der Waals surface area contributed by atoms with Crippen LogP contribution in [0.1, 0.15) is 50.5 Å². The average molecular weight is 330 g/mol. The monoisotopic (exact) mass is 330 g/mol. The Bertz CT molecular complexity index is 547. The van der Waals surface area contributed by atoms with Crippen molar-refractivity contribution in [1.82, 2.24) is 0 Å². The Morgan fingerprint density at radius 3 is 1.91 bits per heavy atom. The Labute approximate surface area is 133 Å². The van der Waals surface area contributed by atoms with Gasteiger partial charge in [-0.3, -0.25) is 0 Å². The summed E-state index contributed by atoms with van der Waals surface area (Å²) < 4.78 is 54.1. The van der Waals surface area contributed by atoms with Gasteiger partial charge < -0.3 is 14.2 Å². The Balaban J connectivity index is 1.85. The molecule has 3 nitrogen and oxygen atoms in total. The van der Waals surface area contributed by atoms with E-state index in [9.17, 15) is 13.2 Å². The van der Waals surface area contributed by atoms with E-state index in [2.05, 4.69) is 4.74 Å². The lowest BCUT2D eigenvalue weighted by molar-refractivity contribution is -0.275. The van der Waals surface area contributed by atoms with Gasteiger partial charge in [0.05, 0.1) is 12.2 Å². The van der Waals surface area contributed by atoms with Gasteiger partial charge in [0.2, 0.25) is 0 Å². The second kappa shape index (κ2) is 6.49. The van der Waals surface area contributed by atoms with Crippen molar-refractivity contribution in [2.75, 3.05) is 0 Å². The molecule has 23 heavy (non-hydrogen) atoms. The Morgan fingerprint density at radius 2 is 1.39 bits per heavy atom. The molecule has 2 aliphatic rings. The summed E-state index contributed by atoms with van der Waals surface area (Å²) in [5.74, 6) is 0.307. The van der Waals surface area contributed by atoms with Crippen molar-refractivity contribution in [3.63, 3.8) is 0 Å². The van der Waals surface area contributed by atoms with E-state index in [1.54, 1.807) is 13.0 Å². The first-order valence-electron chi connectivity index (χ1n) is 8.15. The van der Waals surface area contributed by atoms with Crippen molar-refractivity contribution in [2.24, 2.45) is 0 Å². The normalized spacial score (nSPS) is 19.5. The molecule has 0 N–H and O–H groups in total. The third-order valence-electron chi connectivity index (χ3n) is 4.48. The van der Waals surface area contributed by atoms with Crippen molar-refractivity contribution in [3.05, 3.63) is 17.7 Å². The smallest absolute Gasteiger partial charge is 0.490 e. The van der Waals surface area contributed by atoms with Crippen LogP contribution in [-0.4, -0.2) is 18.6 Å². The molecule has 0 saturated heterocycles. The van der Waals surface area contributed by atoms with Crippen molar-refractivity contribution >= 4 is 0 Å². The first-order chi connectivity index (χ1) is 10.9. The van der Waals surface area contributed by atoms with Crippen LogP contribution >= 0.6 is 0 Å². The van der Waals surface area contributed by atoms with Crippen molar-refractivity contribution < 1.29 is 27.4 Å². The van der Waals surface area contributed by atoms with Gasteiger partial charge in [-0.05, 0) is 64.0 Å². The summed E-state index contributed by atoms with van der Waals surface area (Å²) in [5, 5.41) is 0. The van der Waals surface area contributed by atoms with Crippen LogP contribution in [0.25, 0.3) is 0 Å². The van der Waals surface area contributed by atoms with Gasteiger partial charge in [-0.2, -0.15) is 0 Å². The molecule has 2 saturated carbocycles. The minimum Gasteiger partial charge on any atom is -0.490 e. The van der Waals surface area contributed by atoms with Gasteiger partial charge in [-0.25, -0.2) is 0 Å². The first-order valence-corrected chi connectivity index (χ1v) is 8.15. The fourth-order valence-corrected chi connectivity index (χ4v) is 2.97. The zero-order valence-corrected chi connectivity index (χ0v) is 13.1. The third-order valence-corrected chi connectivity index (χ3v) is 4.48. The summed E-state index contributed by atoms with van der Waals surface area (Å²) in [7, 11) is 0. The van der Waals surface area contributed by atoms with Crippen LogP contribution in [0.5, 0.6) is 17.2 Å². The van der Waals surface area contributed by atoms with Crippen molar-refractivity contribution in [2.45, 2.75) is 70.4 Å². The lowest BCUT2D eigenvalue weighted by Gasteiger charge is -2.28. The number of alkyl halides is 3. The van der Waals surface area contributed by atoms with Crippen molar-refractivity contribution in [1.29, 1.82) is 0 Å². The highest BCUT2D eigenvalue weighted by molar-refractivity contribution is 5.53. The number of hydrogen-bond donors (Lipinski definition) is 0. The molecule has 2 aliphatic carbocycles. The van der Waals surface area contributed by atoms with Crippen LogP contribution < -0.4 is 14.2 Å². The van der Waals surface area contributed by atoms with Crippen LogP contribution in [0, 0.1) is 6.92 Å².